The molecular formula is C16H14. The Hall–Kier alpha value is -2.08. The molecule has 0 spiro atoms. The van der Waals surface area contributed by atoms with Gasteiger partial charge < -0.3 is 0 Å². The average Bonchev–Trinajstić information content (AvgIpc) is 2.37. The summed E-state index contributed by atoms with van der Waals surface area (Å²) in [5.41, 5.74) is 2.44. The van der Waals surface area contributed by atoms with Gasteiger partial charge in [-0.3, -0.25) is 0 Å². The Labute approximate surface area is 96.6 Å². The van der Waals surface area contributed by atoms with E-state index in [1.165, 1.54) is 11.1 Å². The minimum atomic E-state index is 1.22. The summed E-state index contributed by atoms with van der Waals surface area (Å²) in [6.07, 6.45) is 8.31. The van der Waals surface area contributed by atoms with Crippen LogP contribution in [0.4, 0.5) is 0 Å². The highest BCUT2D eigenvalue weighted by Crippen LogP contribution is 2.03. The fourth-order valence-corrected chi connectivity index (χ4v) is 1.46. The smallest absolute Gasteiger partial charge is 0.0257 e. The molecule has 0 amide bonds. The molecular weight excluding hydrogens is 192 g/mol. The van der Waals surface area contributed by atoms with Gasteiger partial charge in [0.25, 0.3) is 0 Å². The quantitative estimate of drug-likeness (QED) is 0.652. The lowest BCUT2D eigenvalue weighted by molar-refractivity contribution is 1.65. The van der Waals surface area contributed by atoms with Crippen molar-refractivity contribution < 1.29 is 0 Å². The van der Waals surface area contributed by atoms with E-state index in [9.17, 15) is 0 Å². The van der Waals surface area contributed by atoms with Crippen LogP contribution in [-0.2, 0) is 0 Å². The highest BCUT2D eigenvalue weighted by molar-refractivity contribution is 5.56. The van der Waals surface area contributed by atoms with Gasteiger partial charge in [-0.25, -0.2) is 0 Å². The Morgan fingerprint density at radius 2 is 0.875 bits per heavy atom. The molecule has 0 heterocycles. The van der Waals surface area contributed by atoms with Gasteiger partial charge in [-0.2, -0.15) is 0 Å². The van der Waals surface area contributed by atoms with Gasteiger partial charge in [0.1, 0.15) is 0 Å². The molecule has 0 N–H and O–H groups in total. The van der Waals surface area contributed by atoms with Crippen LogP contribution in [0, 0.1) is 0 Å². The van der Waals surface area contributed by atoms with E-state index in [-0.39, 0.29) is 0 Å². The van der Waals surface area contributed by atoms with Crippen molar-refractivity contribution in [3.63, 3.8) is 0 Å². The van der Waals surface area contributed by atoms with Crippen molar-refractivity contribution in [2.75, 3.05) is 0 Å². The van der Waals surface area contributed by atoms with Gasteiger partial charge in [-0.05, 0) is 11.1 Å². The Bertz CT molecular complexity index is 416. The van der Waals surface area contributed by atoms with Gasteiger partial charge >= 0.3 is 0 Å². The number of benzene rings is 2. The molecule has 2 rings (SSSR count). The van der Waals surface area contributed by atoms with E-state index in [1.54, 1.807) is 0 Å². The third kappa shape index (κ3) is 3.25. The first-order chi connectivity index (χ1) is 7.95. The maximum absolute atomic E-state index is 2.10. The number of hydrogen-bond donors (Lipinski definition) is 0. The standard InChI is InChI=1S/C16H14/c1-3-9-15(10-4-1)13-7-8-14-16-11-5-2-6-12-16/h1-14H/b13-7-,14-8-. The fourth-order valence-electron chi connectivity index (χ4n) is 1.46. The minimum absolute atomic E-state index is 1.22. The second-order valence-corrected chi connectivity index (χ2v) is 3.54. The summed E-state index contributed by atoms with van der Waals surface area (Å²) in [7, 11) is 0. The first kappa shape index (κ1) is 10.4. The van der Waals surface area contributed by atoms with E-state index in [0.29, 0.717) is 0 Å². The van der Waals surface area contributed by atoms with Crippen LogP contribution in [0.5, 0.6) is 0 Å². The zero-order valence-corrected chi connectivity index (χ0v) is 9.08. The summed E-state index contributed by atoms with van der Waals surface area (Å²) >= 11 is 0. The Balaban J connectivity index is 1.98. The highest BCUT2D eigenvalue weighted by atomic mass is 13.9. The molecule has 0 radical (unpaired) electrons. The van der Waals surface area contributed by atoms with E-state index in [0.717, 1.165) is 0 Å². The van der Waals surface area contributed by atoms with Crippen LogP contribution in [0.3, 0.4) is 0 Å². The van der Waals surface area contributed by atoms with E-state index in [1.807, 2.05) is 36.4 Å². The van der Waals surface area contributed by atoms with Crippen LogP contribution in [0.2, 0.25) is 0 Å². The number of allylic oxidation sites excluding steroid dienone is 2. The lowest BCUT2D eigenvalue weighted by Crippen LogP contribution is -1.68. The predicted octanol–water partition coefficient (Wildman–Crippen LogP) is 4.41. The summed E-state index contributed by atoms with van der Waals surface area (Å²) in [4.78, 5) is 0. The van der Waals surface area contributed by atoms with Crippen molar-refractivity contribution in [2.45, 2.75) is 0 Å². The van der Waals surface area contributed by atoms with Crippen molar-refractivity contribution in [1.29, 1.82) is 0 Å². The lowest BCUT2D eigenvalue weighted by Gasteiger charge is -1.90. The third-order valence-electron chi connectivity index (χ3n) is 2.29. The van der Waals surface area contributed by atoms with Crippen LogP contribution >= 0.6 is 0 Å². The zero-order valence-electron chi connectivity index (χ0n) is 9.08. The van der Waals surface area contributed by atoms with E-state index >= 15 is 0 Å². The van der Waals surface area contributed by atoms with Gasteiger partial charge in [0.2, 0.25) is 0 Å². The van der Waals surface area contributed by atoms with Gasteiger partial charge in [-0.15, -0.1) is 0 Å². The number of rotatable bonds is 3. The lowest BCUT2D eigenvalue weighted by atomic mass is 10.2. The molecule has 2 aromatic carbocycles. The average molecular weight is 206 g/mol. The van der Waals surface area contributed by atoms with Crippen LogP contribution in [-0.4, -0.2) is 0 Å². The summed E-state index contributed by atoms with van der Waals surface area (Å²) in [5, 5.41) is 0. The maximum atomic E-state index is 2.10. The summed E-state index contributed by atoms with van der Waals surface area (Å²) in [6, 6.07) is 20.6. The molecule has 0 unspecified atom stereocenters. The first-order valence-corrected chi connectivity index (χ1v) is 5.40. The van der Waals surface area contributed by atoms with E-state index in [2.05, 4.69) is 48.6 Å². The van der Waals surface area contributed by atoms with Crippen LogP contribution < -0.4 is 0 Å². The molecule has 78 valence electrons. The molecule has 0 aliphatic heterocycles. The molecule has 0 nitrogen and oxygen atoms in total. The topological polar surface area (TPSA) is 0 Å². The summed E-state index contributed by atoms with van der Waals surface area (Å²) in [5.74, 6) is 0. The molecule has 0 fully saturated rings. The van der Waals surface area contributed by atoms with E-state index in [4.69, 9.17) is 0 Å². The normalized spacial score (nSPS) is 11.2. The zero-order chi connectivity index (χ0) is 11.1. The minimum Gasteiger partial charge on any atom is -0.0622 e. The Kier molecular flexibility index (Phi) is 3.73. The second-order valence-electron chi connectivity index (χ2n) is 3.54. The molecule has 16 heavy (non-hydrogen) atoms. The summed E-state index contributed by atoms with van der Waals surface area (Å²) < 4.78 is 0. The largest absolute Gasteiger partial charge is 0.0622 e. The van der Waals surface area contributed by atoms with Crippen LogP contribution in [0.15, 0.2) is 72.8 Å². The van der Waals surface area contributed by atoms with Crippen molar-refractivity contribution >= 4 is 12.2 Å². The molecule has 0 bridgehead atoms. The van der Waals surface area contributed by atoms with Crippen LogP contribution in [0.25, 0.3) is 12.2 Å². The Morgan fingerprint density at radius 3 is 1.25 bits per heavy atom. The molecule has 0 aliphatic rings. The van der Waals surface area contributed by atoms with Crippen molar-refractivity contribution in [2.24, 2.45) is 0 Å². The third-order valence-corrected chi connectivity index (χ3v) is 2.29. The van der Waals surface area contributed by atoms with Gasteiger partial charge in [0.15, 0.2) is 0 Å². The SMILES string of the molecule is C(/C=C\c1ccccc1)=C/c1ccccc1. The molecule has 0 saturated carbocycles. The molecule has 0 aliphatic carbocycles. The summed E-state index contributed by atoms with van der Waals surface area (Å²) in [6.45, 7) is 0. The van der Waals surface area contributed by atoms with E-state index < -0.39 is 0 Å². The fraction of sp³-hybridized carbons (Fsp3) is 0. The van der Waals surface area contributed by atoms with Crippen molar-refractivity contribution in [3.8, 4) is 0 Å². The van der Waals surface area contributed by atoms with Crippen LogP contribution in [0.1, 0.15) is 11.1 Å². The first-order valence-electron chi connectivity index (χ1n) is 5.40. The second kappa shape index (κ2) is 5.72. The van der Waals surface area contributed by atoms with Gasteiger partial charge in [0, 0.05) is 0 Å². The number of hydrogen-bond acceptors (Lipinski definition) is 0. The molecule has 0 heteroatoms. The molecule has 0 saturated heterocycles. The molecule has 0 aromatic heterocycles. The Morgan fingerprint density at radius 1 is 0.500 bits per heavy atom. The van der Waals surface area contributed by atoms with Gasteiger partial charge in [-0.1, -0.05) is 85.0 Å². The van der Waals surface area contributed by atoms with Gasteiger partial charge in [0.05, 0.1) is 0 Å². The monoisotopic (exact) mass is 206 g/mol. The van der Waals surface area contributed by atoms with Crippen molar-refractivity contribution in [3.05, 3.63) is 83.9 Å². The molecule has 2 aromatic rings. The predicted molar refractivity (Wildman–Crippen MR) is 71.0 cm³/mol. The molecule has 0 atom stereocenters. The highest BCUT2D eigenvalue weighted by Gasteiger charge is 1.81. The maximum Gasteiger partial charge on any atom is -0.0257 e. The van der Waals surface area contributed by atoms with Crippen molar-refractivity contribution in [1.82, 2.24) is 0 Å².